The molecule has 1 heterocycles. The van der Waals surface area contributed by atoms with Crippen LogP contribution in [-0.4, -0.2) is 60.9 Å². The van der Waals surface area contributed by atoms with Crippen LogP contribution in [0.25, 0.3) is 10.8 Å². The van der Waals surface area contributed by atoms with Crippen molar-refractivity contribution in [2.24, 2.45) is 0 Å². The Kier molecular flexibility index (Phi) is 6.42. The molecule has 0 unspecified atom stereocenters. The number of nitrogens with zero attached hydrogens (tertiary/aromatic N) is 1. The van der Waals surface area contributed by atoms with E-state index in [0.717, 1.165) is 10.8 Å². The third-order valence-electron chi connectivity index (χ3n) is 2.48. The van der Waals surface area contributed by atoms with E-state index >= 15 is 0 Å². The average molecular weight is 285 g/mol. The summed E-state index contributed by atoms with van der Waals surface area (Å²) < 4.78 is 5.44. The molecule has 0 aliphatic rings. The summed E-state index contributed by atoms with van der Waals surface area (Å²) >= 11 is 0. The van der Waals surface area contributed by atoms with Crippen LogP contribution in [0.5, 0.6) is 5.75 Å². The summed E-state index contributed by atoms with van der Waals surface area (Å²) in [5.41, 5.74) is 0. The number of hydrogen-bond donors (Lipinski definition) is 0. The molecule has 0 amide bonds. The molecule has 0 aliphatic carbocycles. The first-order valence-electron chi connectivity index (χ1n) is 5.63. The van der Waals surface area contributed by atoms with Crippen LogP contribution in [0.1, 0.15) is 13.3 Å². The SMILES string of the molecule is CC(=O)CC(=O)COc1cccc2ccncc12.[CaH2]. The molecule has 96 valence electrons. The van der Waals surface area contributed by atoms with E-state index in [0.29, 0.717) is 5.75 Å². The van der Waals surface area contributed by atoms with Gasteiger partial charge in [0.15, 0.2) is 5.78 Å². The van der Waals surface area contributed by atoms with Crippen LogP contribution in [-0.2, 0) is 9.59 Å². The van der Waals surface area contributed by atoms with Crippen molar-refractivity contribution >= 4 is 60.1 Å². The fourth-order valence-corrected chi connectivity index (χ4v) is 1.70. The monoisotopic (exact) mass is 285 g/mol. The second kappa shape index (κ2) is 7.58. The number of aromatic nitrogens is 1. The van der Waals surface area contributed by atoms with Gasteiger partial charge in [0.1, 0.15) is 18.1 Å². The Morgan fingerprint density at radius 2 is 2.05 bits per heavy atom. The number of rotatable bonds is 5. The molecule has 0 bridgehead atoms. The molecule has 1 aromatic heterocycles. The molecular formula is C14H15CaNO3. The predicted molar refractivity (Wildman–Crippen MR) is 76.1 cm³/mol. The van der Waals surface area contributed by atoms with Gasteiger partial charge in [0, 0.05) is 17.8 Å². The van der Waals surface area contributed by atoms with E-state index in [-0.39, 0.29) is 62.3 Å². The van der Waals surface area contributed by atoms with Gasteiger partial charge in [-0.05, 0) is 24.4 Å². The zero-order chi connectivity index (χ0) is 13.0. The molecule has 0 spiro atoms. The number of benzene rings is 1. The molecule has 2 aromatic rings. The van der Waals surface area contributed by atoms with Crippen molar-refractivity contribution in [1.29, 1.82) is 0 Å². The number of ketones is 2. The summed E-state index contributed by atoms with van der Waals surface area (Å²) in [6.07, 6.45) is 3.32. The van der Waals surface area contributed by atoms with Crippen LogP contribution < -0.4 is 4.74 Å². The number of pyridine rings is 1. The van der Waals surface area contributed by atoms with Crippen molar-refractivity contribution in [2.75, 3.05) is 6.61 Å². The van der Waals surface area contributed by atoms with Gasteiger partial charge in [0.05, 0.1) is 6.42 Å². The first-order chi connectivity index (χ1) is 8.66. The maximum absolute atomic E-state index is 11.4. The first kappa shape index (κ1) is 16.1. The molecule has 0 atom stereocenters. The van der Waals surface area contributed by atoms with Gasteiger partial charge in [-0.25, -0.2) is 0 Å². The van der Waals surface area contributed by atoms with Crippen molar-refractivity contribution in [3.63, 3.8) is 0 Å². The van der Waals surface area contributed by atoms with Crippen LogP contribution in [0.4, 0.5) is 0 Å². The quantitative estimate of drug-likeness (QED) is 0.613. The Labute approximate surface area is 141 Å². The Morgan fingerprint density at radius 3 is 2.79 bits per heavy atom. The minimum atomic E-state index is -0.219. The number of hydrogen-bond acceptors (Lipinski definition) is 4. The Bertz CT molecular complexity index is 593. The van der Waals surface area contributed by atoms with Crippen molar-refractivity contribution < 1.29 is 14.3 Å². The summed E-state index contributed by atoms with van der Waals surface area (Å²) in [6, 6.07) is 7.46. The van der Waals surface area contributed by atoms with Crippen molar-refractivity contribution in [3.05, 3.63) is 36.7 Å². The van der Waals surface area contributed by atoms with Gasteiger partial charge in [-0.3, -0.25) is 14.6 Å². The fourth-order valence-electron chi connectivity index (χ4n) is 1.70. The van der Waals surface area contributed by atoms with Crippen molar-refractivity contribution in [3.8, 4) is 5.75 Å². The van der Waals surface area contributed by atoms with Gasteiger partial charge in [-0.1, -0.05) is 12.1 Å². The minimum absolute atomic E-state index is 0. The maximum atomic E-state index is 11.4. The van der Waals surface area contributed by atoms with Crippen molar-refractivity contribution in [1.82, 2.24) is 4.98 Å². The molecule has 5 heteroatoms. The summed E-state index contributed by atoms with van der Waals surface area (Å²) in [5, 5.41) is 1.86. The van der Waals surface area contributed by atoms with Gasteiger partial charge >= 0.3 is 37.7 Å². The molecule has 0 radical (unpaired) electrons. The predicted octanol–water partition coefficient (Wildman–Crippen LogP) is 1.25. The van der Waals surface area contributed by atoms with E-state index in [2.05, 4.69) is 4.98 Å². The van der Waals surface area contributed by atoms with Crippen LogP contribution in [0.15, 0.2) is 36.7 Å². The summed E-state index contributed by atoms with van der Waals surface area (Å²) in [4.78, 5) is 26.2. The molecule has 2 rings (SSSR count). The number of carbonyl (C=O) groups is 2. The zero-order valence-corrected chi connectivity index (χ0v) is 10.1. The van der Waals surface area contributed by atoms with E-state index < -0.39 is 0 Å². The number of Topliss-reactive ketones (excluding diaryl/α,β-unsaturated/α-hetero) is 2. The van der Waals surface area contributed by atoms with E-state index in [1.807, 2.05) is 18.2 Å². The molecule has 0 aliphatic heterocycles. The second-order valence-corrected chi connectivity index (χ2v) is 4.06. The number of fused-ring (bicyclic) bond motifs is 1. The van der Waals surface area contributed by atoms with Crippen LogP contribution in [0.3, 0.4) is 0 Å². The third kappa shape index (κ3) is 4.56. The van der Waals surface area contributed by atoms with Gasteiger partial charge < -0.3 is 4.74 Å². The van der Waals surface area contributed by atoms with Gasteiger partial charge in [0.25, 0.3) is 0 Å². The summed E-state index contributed by atoms with van der Waals surface area (Å²) in [5.74, 6) is 0.240. The number of carbonyl (C=O) groups excluding carboxylic acids is 2. The molecule has 0 N–H and O–H groups in total. The Balaban J connectivity index is 0.00000180. The molecule has 0 saturated carbocycles. The zero-order valence-electron chi connectivity index (χ0n) is 10.1. The standard InChI is InChI=1S/C14H13NO3.Ca.2H/c1-10(16)7-12(17)9-18-14-4-2-3-11-5-6-15-8-13(11)14;;;/h2-6,8H,7,9H2,1H3;;;. The summed E-state index contributed by atoms with van der Waals surface area (Å²) in [7, 11) is 0. The van der Waals surface area contributed by atoms with Crippen LogP contribution in [0, 0.1) is 0 Å². The molecule has 1 aromatic carbocycles. The van der Waals surface area contributed by atoms with Gasteiger partial charge in [-0.15, -0.1) is 0 Å². The van der Waals surface area contributed by atoms with E-state index in [1.54, 1.807) is 18.5 Å². The van der Waals surface area contributed by atoms with Gasteiger partial charge in [-0.2, -0.15) is 0 Å². The molecular weight excluding hydrogens is 270 g/mol. The van der Waals surface area contributed by atoms with E-state index in [4.69, 9.17) is 4.74 Å². The van der Waals surface area contributed by atoms with E-state index in [9.17, 15) is 9.59 Å². The van der Waals surface area contributed by atoms with E-state index in [1.165, 1.54) is 6.92 Å². The molecule has 19 heavy (non-hydrogen) atoms. The molecule has 4 nitrogen and oxygen atoms in total. The Hall–Kier alpha value is -0.970. The molecule has 0 fully saturated rings. The number of ether oxygens (including phenoxy) is 1. The van der Waals surface area contributed by atoms with Crippen LogP contribution in [0.2, 0.25) is 0 Å². The second-order valence-electron chi connectivity index (χ2n) is 4.06. The average Bonchev–Trinajstić information content (AvgIpc) is 2.35. The van der Waals surface area contributed by atoms with Crippen molar-refractivity contribution in [2.45, 2.75) is 13.3 Å². The first-order valence-corrected chi connectivity index (χ1v) is 5.63. The third-order valence-corrected chi connectivity index (χ3v) is 2.48. The Morgan fingerprint density at radius 1 is 1.26 bits per heavy atom. The normalized spacial score (nSPS) is 9.74. The topological polar surface area (TPSA) is 56.3 Å². The van der Waals surface area contributed by atoms with Gasteiger partial charge in [0.2, 0.25) is 0 Å². The fraction of sp³-hybridized carbons (Fsp3) is 0.214. The van der Waals surface area contributed by atoms with Crippen LogP contribution >= 0.6 is 0 Å². The molecule has 0 saturated heterocycles. The summed E-state index contributed by atoms with van der Waals surface area (Å²) in [6.45, 7) is 1.30.